The van der Waals surface area contributed by atoms with E-state index in [0.29, 0.717) is 12.2 Å². The molecule has 1 aromatic carbocycles. The van der Waals surface area contributed by atoms with Gasteiger partial charge in [0.1, 0.15) is 0 Å². The summed E-state index contributed by atoms with van der Waals surface area (Å²) in [5.74, 6) is 0.317. The number of fused-ring (bicyclic) bond motifs is 3. The van der Waals surface area contributed by atoms with Crippen LogP contribution in [0.2, 0.25) is 0 Å². The molecular formula is C15H17NO. The molecule has 0 fully saturated rings. The molecule has 0 spiro atoms. The quantitative estimate of drug-likeness (QED) is 0.684. The van der Waals surface area contributed by atoms with E-state index in [1.165, 1.54) is 11.1 Å². The Balaban J connectivity index is 2.40. The van der Waals surface area contributed by atoms with Crippen LogP contribution in [-0.2, 0) is 6.42 Å². The lowest BCUT2D eigenvalue weighted by molar-refractivity contribution is 0.0983. The predicted molar refractivity (Wildman–Crippen MR) is 69.7 cm³/mol. The molecule has 0 saturated carbocycles. The highest BCUT2D eigenvalue weighted by Gasteiger charge is 2.22. The first kappa shape index (κ1) is 10.6. The standard InChI is InChI=1S/C15H17NO/c1-9-7-8-10(2)15-13(9)14-11(16-15)5-3-4-6-12(14)17/h7-8,16H,3-6H2,1-2H3. The molecule has 0 atom stereocenters. The van der Waals surface area contributed by atoms with Crippen molar-refractivity contribution >= 4 is 16.7 Å². The van der Waals surface area contributed by atoms with Crippen molar-refractivity contribution in [3.05, 3.63) is 34.5 Å². The SMILES string of the molecule is Cc1ccc(C)c2c3c([nH]c12)CCCCC3=O. The summed E-state index contributed by atoms with van der Waals surface area (Å²) in [6.07, 6.45) is 3.85. The minimum atomic E-state index is 0.317. The second-order valence-electron chi connectivity index (χ2n) is 5.06. The average Bonchev–Trinajstić information content (AvgIpc) is 2.61. The molecule has 0 radical (unpaired) electrons. The lowest BCUT2D eigenvalue weighted by atomic mass is 9.99. The highest BCUT2D eigenvalue weighted by Crippen LogP contribution is 2.32. The molecule has 2 nitrogen and oxygen atoms in total. The zero-order chi connectivity index (χ0) is 12.0. The van der Waals surface area contributed by atoms with Crippen LogP contribution in [0.25, 0.3) is 10.9 Å². The number of carbonyl (C=O) groups is 1. The van der Waals surface area contributed by atoms with Crippen molar-refractivity contribution in [3.63, 3.8) is 0 Å². The summed E-state index contributed by atoms with van der Waals surface area (Å²) in [5, 5.41) is 1.16. The smallest absolute Gasteiger partial charge is 0.165 e. The Morgan fingerprint density at radius 2 is 1.76 bits per heavy atom. The van der Waals surface area contributed by atoms with Crippen molar-refractivity contribution in [1.29, 1.82) is 0 Å². The van der Waals surface area contributed by atoms with E-state index in [9.17, 15) is 4.79 Å². The van der Waals surface area contributed by atoms with Crippen LogP contribution >= 0.6 is 0 Å². The Morgan fingerprint density at radius 1 is 1.06 bits per heavy atom. The molecule has 1 aliphatic rings. The molecule has 0 unspecified atom stereocenters. The molecule has 0 amide bonds. The molecule has 1 aromatic heterocycles. The van der Waals surface area contributed by atoms with Gasteiger partial charge in [0.15, 0.2) is 5.78 Å². The number of benzene rings is 1. The lowest BCUT2D eigenvalue weighted by Crippen LogP contribution is -1.98. The highest BCUT2D eigenvalue weighted by atomic mass is 16.1. The molecular weight excluding hydrogens is 210 g/mol. The van der Waals surface area contributed by atoms with E-state index in [1.807, 2.05) is 0 Å². The third kappa shape index (κ3) is 1.51. The molecule has 2 heteroatoms. The summed E-state index contributed by atoms with van der Waals surface area (Å²) in [6.45, 7) is 4.19. The topological polar surface area (TPSA) is 32.9 Å². The van der Waals surface area contributed by atoms with Crippen molar-refractivity contribution in [2.45, 2.75) is 39.5 Å². The predicted octanol–water partition coefficient (Wildman–Crippen LogP) is 3.69. The van der Waals surface area contributed by atoms with E-state index in [2.05, 4.69) is 31.0 Å². The first-order chi connectivity index (χ1) is 8.18. The third-order valence-corrected chi connectivity index (χ3v) is 3.81. The number of ketones is 1. The first-order valence-corrected chi connectivity index (χ1v) is 6.32. The number of aryl methyl sites for hydroxylation is 3. The van der Waals surface area contributed by atoms with E-state index in [-0.39, 0.29) is 0 Å². The number of nitrogens with one attached hydrogen (secondary N) is 1. The zero-order valence-corrected chi connectivity index (χ0v) is 10.4. The van der Waals surface area contributed by atoms with E-state index in [0.717, 1.165) is 41.4 Å². The molecule has 0 bridgehead atoms. The Morgan fingerprint density at radius 3 is 2.59 bits per heavy atom. The van der Waals surface area contributed by atoms with Gasteiger partial charge >= 0.3 is 0 Å². The summed E-state index contributed by atoms with van der Waals surface area (Å²) in [6, 6.07) is 4.24. The van der Waals surface area contributed by atoms with Gasteiger partial charge in [-0.3, -0.25) is 4.79 Å². The van der Waals surface area contributed by atoms with E-state index < -0.39 is 0 Å². The van der Waals surface area contributed by atoms with Gasteiger partial charge in [-0.05, 0) is 44.2 Å². The zero-order valence-electron chi connectivity index (χ0n) is 10.4. The summed E-state index contributed by atoms with van der Waals surface area (Å²) >= 11 is 0. The van der Waals surface area contributed by atoms with Crippen molar-refractivity contribution in [3.8, 4) is 0 Å². The van der Waals surface area contributed by atoms with Crippen molar-refractivity contribution in [2.75, 3.05) is 0 Å². The number of Topliss-reactive ketones (excluding diaryl/α,β-unsaturated/α-hetero) is 1. The first-order valence-electron chi connectivity index (χ1n) is 6.32. The maximum Gasteiger partial charge on any atom is 0.165 e. The van der Waals surface area contributed by atoms with E-state index >= 15 is 0 Å². The van der Waals surface area contributed by atoms with Crippen molar-refractivity contribution < 1.29 is 4.79 Å². The number of hydrogen-bond donors (Lipinski definition) is 1. The van der Waals surface area contributed by atoms with Crippen LogP contribution in [0.4, 0.5) is 0 Å². The van der Waals surface area contributed by atoms with Gasteiger partial charge in [0.2, 0.25) is 0 Å². The number of aromatic nitrogens is 1. The number of aromatic amines is 1. The average molecular weight is 227 g/mol. The highest BCUT2D eigenvalue weighted by molar-refractivity contribution is 6.11. The second-order valence-corrected chi connectivity index (χ2v) is 5.06. The second kappa shape index (κ2) is 3.73. The molecule has 88 valence electrons. The minimum Gasteiger partial charge on any atom is -0.358 e. The molecule has 1 N–H and O–H groups in total. The number of rotatable bonds is 0. The monoisotopic (exact) mass is 227 g/mol. The van der Waals surface area contributed by atoms with Crippen LogP contribution < -0.4 is 0 Å². The van der Waals surface area contributed by atoms with Gasteiger partial charge in [0.25, 0.3) is 0 Å². The molecule has 1 heterocycles. The Bertz CT molecular complexity index is 607. The van der Waals surface area contributed by atoms with Crippen molar-refractivity contribution in [1.82, 2.24) is 4.98 Å². The molecule has 3 rings (SSSR count). The number of carbonyl (C=O) groups excluding carboxylic acids is 1. The fourth-order valence-electron chi connectivity index (χ4n) is 2.87. The van der Waals surface area contributed by atoms with Gasteiger partial charge in [0.05, 0.1) is 0 Å². The van der Waals surface area contributed by atoms with Gasteiger partial charge in [-0.15, -0.1) is 0 Å². The van der Waals surface area contributed by atoms with Crippen LogP contribution in [0.3, 0.4) is 0 Å². The van der Waals surface area contributed by atoms with Crippen molar-refractivity contribution in [2.24, 2.45) is 0 Å². The summed E-state index contributed by atoms with van der Waals surface area (Å²) < 4.78 is 0. The Labute approximate surface area is 101 Å². The molecule has 17 heavy (non-hydrogen) atoms. The van der Waals surface area contributed by atoms with Crippen LogP contribution in [0.5, 0.6) is 0 Å². The normalized spacial score (nSPS) is 16.0. The minimum absolute atomic E-state index is 0.317. The fraction of sp³-hybridized carbons (Fsp3) is 0.400. The maximum atomic E-state index is 12.2. The van der Waals surface area contributed by atoms with Gasteiger partial charge in [0, 0.05) is 28.6 Å². The number of hydrogen-bond acceptors (Lipinski definition) is 1. The molecule has 0 saturated heterocycles. The van der Waals surface area contributed by atoms with Gasteiger partial charge in [-0.2, -0.15) is 0 Å². The summed E-state index contributed by atoms with van der Waals surface area (Å²) in [7, 11) is 0. The lowest BCUT2D eigenvalue weighted by Gasteiger charge is -2.02. The third-order valence-electron chi connectivity index (χ3n) is 3.81. The fourth-order valence-corrected chi connectivity index (χ4v) is 2.87. The Hall–Kier alpha value is -1.57. The van der Waals surface area contributed by atoms with Crippen LogP contribution in [0, 0.1) is 13.8 Å². The van der Waals surface area contributed by atoms with Crippen LogP contribution in [-0.4, -0.2) is 10.8 Å². The van der Waals surface area contributed by atoms with Gasteiger partial charge in [-0.25, -0.2) is 0 Å². The maximum absolute atomic E-state index is 12.2. The molecule has 1 aliphatic carbocycles. The van der Waals surface area contributed by atoms with Gasteiger partial charge in [-0.1, -0.05) is 12.1 Å². The molecule has 2 aromatic rings. The van der Waals surface area contributed by atoms with Crippen LogP contribution in [0.15, 0.2) is 12.1 Å². The summed E-state index contributed by atoms with van der Waals surface area (Å²) in [5.41, 5.74) is 5.72. The largest absolute Gasteiger partial charge is 0.358 e. The van der Waals surface area contributed by atoms with Gasteiger partial charge < -0.3 is 4.98 Å². The summed E-state index contributed by atoms with van der Waals surface area (Å²) in [4.78, 5) is 15.7. The molecule has 0 aliphatic heterocycles. The van der Waals surface area contributed by atoms with E-state index in [1.54, 1.807) is 0 Å². The van der Waals surface area contributed by atoms with E-state index in [4.69, 9.17) is 0 Å². The van der Waals surface area contributed by atoms with Crippen LogP contribution in [0.1, 0.15) is 46.4 Å². The number of H-pyrrole nitrogens is 1. The Kier molecular flexibility index (Phi) is 2.32.